The van der Waals surface area contributed by atoms with Gasteiger partial charge in [-0.3, -0.25) is 14.6 Å². The van der Waals surface area contributed by atoms with E-state index in [4.69, 9.17) is 5.11 Å². The third kappa shape index (κ3) is 2.07. The van der Waals surface area contributed by atoms with Crippen LogP contribution in [-0.4, -0.2) is 93.3 Å². The van der Waals surface area contributed by atoms with Gasteiger partial charge in [0.1, 0.15) is 24.1 Å². The average molecular weight is 314 g/mol. The van der Waals surface area contributed by atoms with Crippen molar-refractivity contribution in [1.29, 1.82) is 0 Å². The molecule has 4 heterocycles. The van der Waals surface area contributed by atoms with E-state index in [1.807, 2.05) is 13.8 Å². The minimum Gasteiger partial charge on any atom is -0.394 e. The van der Waals surface area contributed by atoms with Crippen LogP contribution >= 0.6 is 0 Å². The summed E-state index contributed by atoms with van der Waals surface area (Å²) >= 11 is 0. The molecule has 0 saturated carbocycles. The number of aliphatic hydroxyl groups is 4. The lowest BCUT2D eigenvalue weighted by Gasteiger charge is -2.66. The van der Waals surface area contributed by atoms with E-state index in [9.17, 15) is 20.1 Å². The molecule has 2 unspecified atom stereocenters. The zero-order chi connectivity index (χ0) is 16.3. The van der Waals surface area contributed by atoms with Gasteiger partial charge in [-0.1, -0.05) is 13.8 Å². The Hall–Kier alpha value is -0.570. The third-order valence-corrected chi connectivity index (χ3v) is 5.81. The molecule has 0 aliphatic carbocycles. The molecule has 7 heteroatoms. The smallest absolute Gasteiger partial charge is 0.150 e. The van der Waals surface area contributed by atoms with Crippen molar-refractivity contribution in [2.24, 2.45) is 10.8 Å². The van der Waals surface area contributed by atoms with Gasteiger partial charge in [-0.2, -0.15) is 0 Å². The number of carbonyl (C=O) groups excluding carboxylic acids is 1. The minimum atomic E-state index is -1.41. The standard InChI is InChI=1S/C15H26N2O5/c1-3-15-7-16-5-14(2,13(15)22)6-17(8-15)12(16)11(21)10(20)9(19)4-18/h9-12,18-21H,3-8H2,1-2H3/t9-,10-,11+,12?,14?,15?/m0/s1. The molecule has 4 saturated heterocycles. The van der Waals surface area contributed by atoms with Gasteiger partial charge in [-0.05, 0) is 6.42 Å². The Morgan fingerprint density at radius 3 is 2.18 bits per heavy atom. The quantitative estimate of drug-likeness (QED) is 0.465. The molecule has 5 atom stereocenters. The van der Waals surface area contributed by atoms with Crippen molar-refractivity contribution in [1.82, 2.24) is 9.80 Å². The van der Waals surface area contributed by atoms with Gasteiger partial charge >= 0.3 is 0 Å². The maximum atomic E-state index is 12.8. The van der Waals surface area contributed by atoms with Gasteiger partial charge in [-0.25, -0.2) is 0 Å². The highest BCUT2D eigenvalue weighted by Crippen LogP contribution is 2.50. The van der Waals surface area contributed by atoms with Gasteiger partial charge in [0.25, 0.3) is 0 Å². The van der Waals surface area contributed by atoms with Crippen molar-refractivity contribution < 1.29 is 25.2 Å². The number of hydrogen-bond donors (Lipinski definition) is 4. The summed E-state index contributed by atoms with van der Waals surface area (Å²) in [6.45, 7) is 5.68. The fourth-order valence-electron chi connectivity index (χ4n) is 4.75. The first-order chi connectivity index (χ1) is 10.3. The maximum absolute atomic E-state index is 12.8. The van der Waals surface area contributed by atoms with Gasteiger partial charge in [0.2, 0.25) is 0 Å². The van der Waals surface area contributed by atoms with Crippen LogP contribution in [0.15, 0.2) is 0 Å². The van der Waals surface area contributed by atoms with Gasteiger partial charge in [0.15, 0.2) is 0 Å². The van der Waals surface area contributed by atoms with Crippen LogP contribution in [0.3, 0.4) is 0 Å². The summed E-state index contributed by atoms with van der Waals surface area (Å²) in [5.41, 5.74) is -0.814. The van der Waals surface area contributed by atoms with Gasteiger partial charge in [0, 0.05) is 26.2 Å². The maximum Gasteiger partial charge on any atom is 0.150 e. The molecule has 4 rings (SSSR count). The normalized spacial score (nSPS) is 47.5. The zero-order valence-corrected chi connectivity index (χ0v) is 13.1. The lowest BCUT2D eigenvalue weighted by molar-refractivity contribution is -0.228. The molecule has 0 spiro atoms. The van der Waals surface area contributed by atoms with Crippen molar-refractivity contribution in [3.05, 3.63) is 0 Å². The number of aliphatic hydroxyl groups excluding tert-OH is 4. The van der Waals surface area contributed by atoms with Crippen molar-refractivity contribution in [3.63, 3.8) is 0 Å². The number of nitrogens with zero attached hydrogens (tertiary/aromatic N) is 2. The Kier molecular flexibility index (Phi) is 3.87. The topological polar surface area (TPSA) is 104 Å². The fraction of sp³-hybridized carbons (Fsp3) is 0.933. The summed E-state index contributed by atoms with van der Waals surface area (Å²) in [6.07, 6.45) is -3.62. The lowest BCUT2D eigenvalue weighted by Crippen LogP contribution is -2.81. The van der Waals surface area contributed by atoms with Gasteiger partial charge in [0.05, 0.1) is 23.6 Å². The second-order valence-electron chi connectivity index (χ2n) is 7.48. The van der Waals surface area contributed by atoms with Crippen molar-refractivity contribution in [2.45, 2.75) is 44.7 Å². The average Bonchev–Trinajstić information content (AvgIpc) is 2.49. The van der Waals surface area contributed by atoms with Crippen molar-refractivity contribution >= 4 is 5.78 Å². The van der Waals surface area contributed by atoms with E-state index in [1.165, 1.54) is 0 Å². The summed E-state index contributed by atoms with van der Waals surface area (Å²) < 4.78 is 0. The Morgan fingerprint density at radius 2 is 1.73 bits per heavy atom. The molecule has 0 amide bonds. The molecule has 0 aromatic carbocycles. The molecule has 0 aromatic rings. The lowest BCUT2D eigenvalue weighted by atomic mass is 9.60. The van der Waals surface area contributed by atoms with E-state index in [0.29, 0.717) is 32.0 Å². The highest BCUT2D eigenvalue weighted by Gasteiger charge is 2.64. The SMILES string of the molecule is CCC12CN3CC(C)(CN(C1)C3[C@H](O)[C@@H](O)[C@@H](O)CO)C2=O. The van der Waals surface area contributed by atoms with Gasteiger partial charge < -0.3 is 20.4 Å². The molecule has 4 fully saturated rings. The summed E-state index contributed by atoms with van der Waals surface area (Å²) in [7, 11) is 0. The second-order valence-corrected chi connectivity index (χ2v) is 7.48. The number of ketones is 1. The fourth-order valence-corrected chi connectivity index (χ4v) is 4.75. The largest absolute Gasteiger partial charge is 0.394 e. The van der Waals surface area contributed by atoms with Crippen LogP contribution < -0.4 is 0 Å². The van der Waals surface area contributed by atoms with E-state index in [1.54, 1.807) is 0 Å². The van der Waals surface area contributed by atoms with Crippen molar-refractivity contribution in [2.75, 3.05) is 32.8 Å². The van der Waals surface area contributed by atoms with E-state index in [-0.39, 0.29) is 5.41 Å². The van der Waals surface area contributed by atoms with Crippen LogP contribution in [0, 0.1) is 10.8 Å². The first kappa shape index (κ1) is 16.3. The van der Waals surface area contributed by atoms with Crippen molar-refractivity contribution in [3.8, 4) is 0 Å². The van der Waals surface area contributed by atoms with E-state index in [0.717, 1.165) is 6.42 Å². The first-order valence-electron chi connectivity index (χ1n) is 7.96. The molecule has 4 N–H and O–H groups in total. The van der Waals surface area contributed by atoms with E-state index in [2.05, 4.69) is 9.80 Å². The summed E-state index contributed by atoms with van der Waals surface area (Å²) in [4.78, 5) is 16.9. The van der Waals surface area contributed by atoms with Crippen LogP contribution in [-0.2, 0) is 4.79 Å². The van der Waals surface area contributed by atoms with Gasteiger partial charge in [-0.15, -0.1) is 0 Å². The molecule has 22 heavy (non-hydrogen) atoms. The molecule has 4 aliphatic rings. The molecule has 0 radical (unpaired) electrons. The predicted octanol–water partition coefficient (Wildman–Crippen LogP) is -2.00. The zero-order valence-electron chi connectivity index (χ0n) is 13.1. The van der Waals surface area contributed by atoms with E-state index < -0.39 is 36.5 Å². The Labute approximate surface area is 130 Å². The Balaban J connectivity index is 1.86. The van der Waals surface area contributed by atoms with Crippen LogP contribution in [0.4, 0.5) is 0 Å². The molecule has 126 valence electrons. The summed E-state index contributed by atoms with van der Waals surface area (Å²) in [5.74, 6) is 0.318. The van der Waals surface area contributed by atoms with Crippen LogP contribution in [0.2, 0.25) is 0 Å². The molecule has 0 aromatic heterocycles. The number of rotatable bonds is 5. The number of Topliss-reactive ketones (excluding diaryl/α,β-unsaturated/α-hetero) is 1. The third-order valence-electron chi connectivity index (χ3n) is 5.81. The minimum absolute atomic E-state index is 0.318. The predicted molar refractivity (Wildman–Crippen MR) is 77.9 cm³/mol. The van der Waals surface area contributed by atoms with Crippen LogP contribution in [0.25, 0.3) is 0 Å². The number of hydrogen-bond acceptors (Lipinski definition) is 7. The molecular formula is C15H26N2O5. The highest BCUT2D eigenvalue weighted by molar-refractivity contribution is 5.93. The molecule has 4 bridgehead atoms. The second kappa shape index (κ2) is 5.22. The highest BCUT2D eigenvalue weighted by atomic mass is 16.4. The van der Waals surface area contributed by atoms with Crippen LogP contribution in [0.1, 0.15) is 20.3 Å². The molecular weight excluding hydrogens is 288 g/mol. The summed E-state index contributed by atoms with van der Waals surface area (Å²) in [6, 6.07) is 0. The molecule has 4 aliphatic heterocycles. The molecule has 7 nitrogen and oxygen atoms in total. The van der Waals surface area contributed by atoms with E-state index >= 15 is 0 Å². The Morgan fingerprint density at radius 1 is 1.18 bits per heavy atom. The summed E-state index contributed by atoms with van der Waals surface area (Å²) in [5, 5.41) is 39.1. The Bertz CT molecular complexity index is 455. The van der Waals surface area contributed by atoms with Crippen LogP contribution in [0.5, 0.6) is 0 Å². The number of piperidine rings is 2. The monoisotopic (exact) mass is 314 g/mol. The number of carbonyl (C=O) groups is 1. The first-order valence-corrected chi connectivity index (χ1v) is 7.96.